The summed E-state index contributed by atoms with van der Waals surface area (Å²) in [4.78, 5) is 17.4. The maximum atomic E-state index is 6.29. The summed E-state index contributed by atoms with van der Waals surface area (Å²) in [7, 11) is 0. The number of aromatic nitrogens is 4. The molecule has 192 valence electrons. The van der Waals surface area contributed by atoms with Gasteiger partial charge in [-0.15, -0.1) is 0 Å². The molecule has 0 aliphatic heterocycles. The number of nitrogen functional groups attached to an aromatic ring is 2. The lowest BCUT2D eigenvalue weighted by atomic mass is 10.1. The number of anilines is 4. The van der Waals surface area contributed by atoms with Gasteiger partial charge in [-0.25, -0.2) is 19.9 Å². The van der Waals surface area contributed by atoms with Crippen molar-refractivity contribution in [1.29, 1.82) is 0 Å². The van der Waals surface area contributed by atoms with E-state index in [2.05, 4.69) is 30.6 Å². The van der Waals surface area contributed by atoms with Gasteiger partial charge in [-0.2, -0.15) is 0 Å². The third-order valence-corrected chi connectivity index (χ3v) is 7.36. The lowest BCUT2D eigenvalue weighted by Gasteiger charge is -2.13. The molecule has 4 rings (SSSR count). The molecule has 0 bridgehead atoms. The molecule has 6 N–H and O–H groups in total. The first-order chi connectivity index (χ1) is 17.7. The van der Waals surface area contributed by atoms with Crippen molar-refractivity contribution in [2.45, 2.75) is 6.42 Å². The van der Waals surface area contributed by atoms with Crippen molar-refractivity contribution in [2.75, 3.05) is 35.2 Å². The Hall–Kier alpha value is -2.46. The van der Waals surface area contributed by atoms with E-state index in [-0.39, 0.29) is 21.7 Å². The summed E-state index contributed by atoms with van der Waals surface area (Å²) in [5, 5.41) is 8.28. The molecule has 0 saturated carbocycles. The molecule has 8 nitrogen and oxygen atoms in total. The van der Waals surface area contributed by atoms with Crippen LogP contribution in [-0.4, -0.2) is 33.0 Å². The summed E-state index contributed by atoms with van der Waals surface area (Å²) in [5.41, 5.74) is 13.8. The molecule has 2 heterocycles. The fourth-order valence-corrected chi connectivity index (χ4v) is 4.79. The van der Waals surface area contributed by atoms with Crippen LogP contribution < -0.4 is 22.1 Å². The molecule has 0 radical (unpaired) electrons. The van der Waals surface area contributed by atoms with Gasteiger partial charge in [0.1, 0.15) is 23.0 Å². The number of rotatable bonds is 8. The predicted octanol–water partition coefficient (Wildman–Crippen LogP) is 7.60. The highest BCUT2D eigenvalue weighted by Gasteiger charge is 2.18. The van der Waals surface area contributed by atoms with Gasteiger partial charge in [-0.3, -0.25) is 0 Å². The van der Waals surface area contributed by atoms with E-state index in [1.807, 2.05) is 0 Å². The lowest BCUT2D eigenvalue weighted by molar-refractivity contribution is 0.896. The minimum absolute atomic E-state index is 0.167. The normalized spacial score (nSPS) is 11.0. The standard InChI is InChI=1S/C23H18Cl6N8/c24-10-2-4-12(26)18(28)16(10)20-22(30)36-14(8-34-20)32-6-1-7-33-15-9-35-21(23(31)37-15)17-11(25)3-5-13(27)19(17)29/h2-5,8-9H,1,6-7H2,(H3,30,32,36)(H3,31,33,37). The van der Waals surface area contributed by atoms with Crippen LogP contribution in [0.2, 0.25) is 30.1 Å². The van der Waals surface area contributed by atoms with Gasteiger partial charge in [-0.05, 0) is 30.7 Å². The smallest absolute Gasteiger partial charge is 0.152 e. The third-order valence-electron chi connectivity index (χ3n) is 5.13. The molecule has 4 aromatic rings. The van der Waals surface area contributed by atoms with E-state index < -0.39 is 0 Å². The molecule has 0 amide bonds. The van der Waals surface area contributed by atoms with Crippen molar-refractivity contribution in [2.24, 2.45) is 0 Å². The summed E-state index contributed by atoms with van der Waals surface area (Å²) < 4.78 is 0. The second-order valence-corrected chi connectivity index (χ2v) is 10.0. The zero-order chi connectivity index (χ0) is 26.7. The number of nitrogens with one attached hydrogen (secondary N) is 2. The molecule has 0 unspecified atom stereocenters. The predicted molar refractivity (Wildman–Crippen MR) is 155 cm³/mol. The molecule has 0 fully saturated rings. The molecule has 0 atom stereocenters. The first-order valence-corrected chi connectivity index (χ1v) is 12.9. The van der Waals surface area contributed by atoms with Crippen molar-refractivity contribution in [1.82, 2.24) is 19.9 Å². The Morgan fingerprint density at radius 1 is 0.595 bits per heavy atom. The van der Waals surface area contributed by atoms with E-state index in [1.165, 1.54) is 0 Å². The minimum Gasteiger partial charge on any atom is -0.382 e. The van der Waals surface area contributed by atoms with Gasteiger partial charge in [0.05, 0.1) is 42.5 Å². The number of hydrogen-bond donors (Lipinski definition) is 4. The maximum absolute atomic E-state index is 6.29. The Labute approximate surface area is 242 Å². The zero-order valence-corrected chi connectivity index (χ0v) is 23.3. The largest absolute Gasteiger partial charge is 0.382 e. The molecule has 37 heavy (non-hydrogen) atoms. The average molecular weight is 619 g/mol. The SMILES string of the molecule is Nc1nc(NCCCNc2cnc(-c3c(Cl)ccc(Cl)c3Cl)c(N)n2)cnc1-c1c(Cl)ccc(Cl)c1Cl. The van der Waals surface area contributed by atoms with Crippen molar-refractivity contribution in [3.63, 3.8) is 0 Å². The number of nitrogens with zero attached hydrogens (tertiary/aromatic N) is 4. The van der Waals surface area contributed by atoms with Crippen molar-refractivity contribution >= 4 is 92.9 Å². The van der Waals surface area contributed by atoms with E-state index in [0.717, 1.165) is 0 Å². The highest BCUT2D eigenvalue weighted by molar-refractivity contribution is 6.47. The third kappa shape index (κ3) is 6.17. The molecule has 0 saturated heterocycles. The van der Waals surface area contributed by atoms with E-state index >= 15 is 0 Å². The second kappa shape index (κ2) is 11.9. The Morgan fingerprint density at radius 3 is 1.35 bits per heavy atom. The van der Waals surface area contributed by atoms with Gasteiger partial charge < -0.3 is 22.1 Å². The molecule has 2 aromatic carbocycles. The number of halogens is 6. The first-order valence-electron chi connectivity index (χ1n) is 10.7. The van der Waals surface area contributed by atoms with Crippen molar-refractivity contribution in [3.05, 3.63) is 66.8 Å². The molecule has 14 heteroatoms. The van der Waals surface area contributed by atoms with Crippen LogP contribution in [0.3, 0.4) is 0 Å². The van der Waals surface area contributed by atoms with E-state index in [0.29, 0.717) is 73.8 Å². The number of benzene rings is 2. The average Bonchev–Trinajstić information content (AvgIpc) is 2.86. The van der Waals surface area contributed by atoms with Gasteiger partial charge in [0.15, 0.2) is 11.6 Å². The second-order valence-electron chi connectivity index (χ2n) is 7.62. The molecular weight excluding hydrogens is 601 g/mol. The monoisotopic (exact) mass is 616 g/mol. The van der Waals surface area contributed by atoms with Crippen LogP contribution >= 0.6 is 69.6 Å². The molecule has 0 spiro atoms. The van der Waals surface area contributed by atoms with Gasteiger partial charge in [0, 0.05) is 24.2 Å². The Morgan fingerprint density at radius 2 is 0.973 bits per heavy atom. The van der Waals surface area contributed by atoms with Crippen LogP contribution in [0, 0.1) is 0 Å². The maximum Gasteiger partial charge on any atom is 0.152 e. The fourth-order valence-electron chi connectivity index (χ4n) is 3.37. The number of nitrogens with two attached hydrogens (primary N) is 2. The van der Waals surface area contributed by atoms with Crippen LogP contribution in [0.5, 0.6) is 0 Å². The summed E-state index contributed by atoms with van der Waals surface area (Å²) in [6, 6.07) is 6.45. The quantitative estimate of drug-likeness (QED) is 0.117. The van der Waals surface area contributed by atoms with Crippen LogP contribution in [0.1, 0.15) is 6.42 Å². The fraction of sp³-hybridized carbons (Fsp3) is 0.130. The topological polar surface area (TPSA) is 128 Å². The van der Waals surface area contributed by atoms with Crippen LogP contribution in [0.4, 0.5) is 23.3 Å². The molecule has 0 aliphatic carbocycles. The molecule has 2 aromatic heterocycles. The van der Waals surface area contributed by atoms with E-state index in [4.69, 9.17) is 81.1 Å². The highest BCUT2D eigenvalue weighted by atomic mass is 35.5. The van der Waals surface area contributed by atoms with Crippen molar-refractivity contribution in [3.8, 4) is 22.5 Å². The van der Waals surface area contributed by atoms with Gasteiger partial charge in [0.25, 0.3) is 0 Å². The Balaban J connectivity index is 1.34. The minimum atomic E-state index is 0.167. The van der Waals surface area contributed by atoms with Crippen LogP contribution in [0.15, 0.2) is 36.7 Å². The van der Waals surface area contributed by atoms with E-state index in [9.17, 15) is 0 Å². The van der Waals surface area contributed by atoms with E-state index in [1.54, 1.807) is 36.7 Å². The first kappa shape index (κ1) is 27.6. The number of hydrogen-bond acceptors (Lipinski definition) is 8. The lowest BCUT2D eigenvalue weighted by Crippen LogP contribution is -2.12. The summed E-state index contributed by atoms with van der Waals surface area (Å²) in [5.74, 6) is 1.33. The van der Waals surface area contributed by atoms with Crippen LogP contribution in [-0.2, 0) is 0 Å². The summed E-state index contributed by atoms with van der Waals surface area (Å²) >= 11 is 37.3. The van der Waals surface area contributed by atoms with Gasteiger partial charge in [-0.1, -0.05) is 69.6 Å². The van der Waals surface area contributed by atoms with Crippen LogP contribution in [0.25, 0.3) is 22.5 Å². The van der Waals surface area contributed by atoms with Gasteiger partial charge in [0.2, 0.25) is 0 Å². The summed E-state index contributed by atoms with van der Waals surface area (Å²) in [6.07, 6.45) is 3.80. The highest BCUT2D eigenvalue weighted by Crippen LogP contribution is 2.41. The van der Waals surface area contributed by atoms with Gasteiger partial charge >= 0.3 is 0 Å². The zero-order valence-electron chi connectivity index (χ0n) is 18.8. The Kier molecular flexibility index (Phi) is 8.90. The summed E-state index contributed by atoms with van der Waals surface area (Å²) in [6.45, 7) is 1.15. The van der Waals surface area contributed by atoms with Crippen molar-refractivity contribution < 1.29 is 0 Å². The Bertz CT molecular complexity index is 1360. The molecular formula is C23H18Cl6N8. The molecule has 0 aliphatic rings.